The molecule has 0 saturated carbocycles. The van der Waals surface area contributed by atoms with E-state index in [2.05, 4.69) is 168 Å². The molecule has 8 aromatic rings. The third-order valence-electron chi connectivity index (χ3n) is 10.2. The fourth-order valence-electron chi connectivity index (χ4n) is 7.92. The smallest absolute Gasteiger partial charge is 0.349 e. The first-order valence-corrected chi connectivity index (χ1v) is 19.4. The van der Waals surface area contributed by atoms with Crippen molar-refractivity contribution in [1.82, 2.24) is 9.55 Å². The Bertz CT molecular complexity index is 2600. The minimum absolute atomic E-state index is 0. The molecule has 0 N–H and O–H groups in total. The topological polar surface area (TPSA) is 24.3 Å². The van der Waals surface area contributed by atoms with Crippen molar-refractivity contribution in [2.45, 2.75) is 26.7 Å². The number of nitrogens with zero attached hydrogens (tertiary/aromatic N) is 4. The van der Waals surface area contributed by atoms with Crippen LogP contribution in [0.1, 0.15) is 23.5 Å². The van der Waals surface area contributed by atoms with Gasteiger partial charge in [-0.2, -0.15) is 46.8 Å². The molecule has 0 saturated heterocycles. The fraction of sp³-hybridized carbons (Fsp3) is 0.109. The minimum atomic E-state index is -3.12. The van der Waals surface area contributed by atoms with Gasteiger partial charge < -0.3 is 14.4 Å². The van der Waals surface area contributed by atoms with E-state index < -0.39 is 14.9 Å². The molecule has 256 valence electrons. The summed E-state index contributed by atoms with van der Waals surface area (Å²) < 4.78 is 26.5. The molecule has 52 heavy (non-hydrogen) atoms. The molecule has 1 aliphatic rings. The summed E-state index contributed by atoms with van der Waals surface area (Å²) in [6, 6.07) is 61.2. The zero-order valence-corrected chi connectivity index (χ0v) is 32.2. The van der Waals surface area contributed by atoms with Gasteiger partial charge in [-0.15, -0.1) is 11.5 Å². The van der Waals surface area contributed by atoms with Crippen LogP contribution in [-0.4, -0.2) is 30.3 Å². The van der Waals surface area contributed by atoms with E-state index in [1.54, 1.807) is 18.3 Å². The van der Waals surface area contributed by atoms with E-state index in [4.69, 9.17) is 9.10 Å². The second-order valence-electron chi connectivity index (χ2n) is 13.4. The average molecular weight is 873 g/mol. The Labute approximate surface area is 325 Å². The molecule has 1 aliphatic heterocycles. The van der Waals surface area contributed by atoms with Crippen molar-refractivity contribution in [2.24, 2.45) is 0 Å². The zero-order chi connectivity index (χ0) is 37.0. The molecule has 4 nitrogen and oxygen atoms in total. The standard InChI is InChI=1S/C46H38N4Si.Pt/c1-33(2)48-32-49(44-24-13-12-23-43(44)48)35-15-14-20-38(30-35)51(36-16-6-4-7-17-36,37-18-8-5-9-19-37)39-25-26-41-40-21-10-11-22-42(40)50(45(41)31-39)46-29-34(3)27-28-47-46;/h4-29,33H,32H2,1-3H3;/q-2;+2/i3D3;. The molecule has 0 radical (unpaired) electrons. The number of benzene rings is 6. The first-order valence-electron chi connectivity index (χ1n) is 18.9. The summed E-state index contributed by atoms with van der Waals surface area (Å²) in [7, 11) is -3.12. The minimum Gasteiger partial charge on any atom is -0.349 e. The molecule has 0 aliphatic carbocycles. The Morgan fingerprint density at radius 2 is 1.35 bits per heavy atom. The van der Waals surface area contributed by atoms with Gasteiger partial charge in [0.1, 0.15) is 13.9 Å². The maximum Gasteiger partial charge on any atom is 2.00 e. The number of anilines is 3. The van der Waals surface area contributed by atoms with Crippen molar-refractivity contribution in [3.8, 4) is 5.82 Å². The van der Waals surface area contributed by atoms with Crippen molar-refractivity contribution in [1.29, 1.82) is 0 Å². The number of aromatic nitrogens is 2. The normalized spacial score (nSPS) is 13.9. The van der Waals surface area contributed by atoms with E-state index >= 15 is 0 Å². The second kappa shape index (κ2) is 13.7. The monoisotopic (exact) mass is 872 g/mol. The molecule has 0 unspecified atom stereocenters. The first-order chi connectivity index (χ1) is 26.2. The molecule has 3 heterocycles. The van der Waals surface area contributed by atoms with E-state index in [1.807, 2.05) is 12.1 Å². The van der Waals surface area contributed by atoms with Crippen molar-refractivity contribution >= 4 is 67.7 Å². The van der Waals surface area contributed by atoms with E-state index in [0.29, 0.717) is 11.9 Å². The molecule has 0 spiro atoms. The third-order valence-corrected chi connectivity index (χ3v) is 14.8. The van der Waals surface area contributed by atoms with Gasteiger partial charge in [0.2, 0.25) is 0 Å². The predicted molar refractivity (Wildman–Crippen MR) is 216 cm³/mol. The van der Waals surface area contributed by atoms with Crippen LogP contribution in [0.2, 0.25) is 0 Å². The van der Waals surface area contributed by atoms with Gasteiger partial charge in [0.05, 0.1) is 18.0 Å². The summed E-state index contributed by atoms with van der Waals surface area (Å²) in [6.45, 7) is 2.95. The molecule has 0 amide bonds. The molecule has 9 rings (SSSR count). The number of rotatable bonds is 7. The van der Waals surface area contributed by atoms with Crippen molar-refractivity contribution < 1.29 is 25.2 Å². The van der Waals surface area contributed by atoms with Gasteiger partial charge in [-0.1, -0.05) is 102 Å². The van der Waals surface area contributed by atoms with Crippen LogP contribution < -0.4 is 30.5 Å². The number of hydrogen-bond donors (Lipinski definition) is 0. The second-order valence-corrected chi connectivity index (χ2v) is 17.2. The number of hydrogen-bond acceptors (Lipinski definition) is 3. The summed E-state index contributed by atoms with van der Waals surface area (Å²) in [6.07, 6.45) is 1.59. The number of aryl methyl sites for hydroxylation is 1. The van der Waals surface area contributed by atoms with Crippen molar-refractivity contribution in [3.05, 3.63) is 176 Å². The van der Waals surface area contributed by atoms with Crippen LogP contribution in [0.4, 0.5) is 17.1 Å². The van der Waals surface area contributed by atoms with Gasteiger partial charge in [0.15, 0.2) is 0 Å². The Hall–Kier alpha value is -5.22. The number of para-hydroxylation sites is 3. The van der Waals surface area contributed by atoms with Gasteiger partial charge in [0, 0.05) is 21.9 Å². The van der Waals surface area contributed by atoms with Crippen molar-refractivity contribution in [3.63, 3.8) is 0 Å². The average Bonchev–Trinajstić information content (AvgIpc) is 3.76. The maximum absolute atomic E-state index is 8.16. The largest absolute Gasteiger partial charge is 2.00 e. The number of pyridine rings is 1. The van der Waals surface area contributed by atoms with Crippen LogP contribution in [0.25, 0.3) is 27.6 Å². The van der Waals surface area contributed by atoms with Crippen LogP contribution in [0, 0.1) is 19.0 Å². The molecular formula is C46H38N4PtSi. The summed E-state index contributed by atoms with van der Waals surface area (Å²) in [5.41, 5.74) is 5.47. The van der Waals surface area contributed by atoms with E-state index in [9.17, 15) is 0 Å². The van der Waals surface area contributed by atoms with Gasteiger partial charge in [-0.05, 0) is 72.4 Å². The van der Waals surface area contributed by atoms with Gasteiger partial charge in [-0.25, -0.2) is 4.98 Å². The molecule has 6 heteroatoms. The zero-order valence-electron chi connectivity index (χ0n) is 31.9. The van der Waals surface area contributed by atoms with Crippen LogP contribution in [0.5, 0.6) is 0 Å². The Balaban J connectivity index is 0.00000427. The first kappa shape index (κ1) is 30.4. The summed E-state index contributed by atoms with van der Waals surface area (Å²) in [5.74, 6) is 0.547. The third kappa shape index (κ3) is 5.42. The molecule has 6 aromatic carbocycles. The molecular weight excluding hydrogens is 832 g/mol. The Morgan fingerprint density at radius 1 is 0.673 bits per heavy atom. The molecule has 2 aromatic heterocycles. The fourth-order valence-corrected chi connectivity index (χ4v) is 12.5. The van der Waals surface area contributed by atoms with Gasteiger partial charge >= 0.3 is 21.1 Å². The SMILES string of the molecule is [2H]C([2H])([2H])c1ccnc(-n2c3[c-]c([Si](c4[c-]c(N5CN(C(C)C)c6ccccc65)ccc4)(c4ccccc4)c4ccccc4)ccc3c3ccccc32)c1.[Pt+2]. The van der Waals surface area contributed by atoms with Gasteiger partial charge in [0.25, 0.3) is 0 Å². The summed E-state index contributed by atoms with van der Waals surface area (Å²) >= 11 is 0. The molecule has 0 atom stereocenters. The quantitative estimate of drug-likeness (QED) is 0.0930. The van der Waals surface area contributed by atoms with Crippen LogP contribution in [0.15, 0.2) is 158 Å². The van der Waals surface area contributed by atoms with Crippen LogP contribution in [-0.2, 0) is 21.1 Å². The van der Waals surface area contributed by atoms with Crippen LogP contribution in [0.3, 0.4) is 0 Å². The Kier molecular flexibility index (Phi) is 8.02. The number of fused-ring (bicyclic) bond motifs is 4. The van der Waals surface area contributed by atoms with Crippen molar-refractivity contribution in [2.75, 3.05) is 16.5 Å². The molecule has 0 fully saturated rings. The summed E-state index contributed by atoms with van der Waals surface area (Å²) in [5, 5.41) is 6.71. The summed E-state index contributed by atoms with van der Waals surface area (Å²) in [4.78, 5) is 9.56. The van der Waals surface area contributed by atoms with E-state index in [0.717, 1.165) is 44.5 Å². The Morgan fingerprint density at radius 3 is 2.08 bits per heavy atom. The maximum atomic E-state index is 8.16. The van der Waals surface area contributed by atoms with E-state index in [1.165, 1.54) is 21.7 Å². The van der Waals surface area contributed by atoms with E-state index in [-0.39, 0.29) is 26.6 Å². The van der Waals surface area contributed by atoms with Gasteiger partial charge in [-0.3, -0.25) is 0 Å². The predicted octanol–water partition coefficient (Wildman–Crippen LogP) is 7.79. The molecule has 0 bridgehead atoms. The van der Waals surface area contributed by atoms with Crippen LogP contribution >= 0.6 is 0 Å².